The Balaban J connectivity index is 3.03. The summed E-state index contributed by atoms with van der Waals surface area (Å²) in [6.07, 6.45) is 3.84. The van der Waals surface area contributed by atoms with Gasteiger partial charge < -0.3 is 4.90 Å². The van der Waals surface area contributed by atoms with Crippen molar-refractivity contribution in [3.63, 3.8) is 0 Å². The molecule has 0 unspecified atom stereocenters. The highest BCUT2D eigenvalue weighted by Gasteiger charge is 1.78. The van der Waals surface area contributed by atoms with Crippen LogP contribution in [-0.2, 0) is 0 Å². The van der Waals surface area contributed by atoms with Gasteiger partial charge in [-0.1, -0.05) is 12.2 Å². The minimum Gasteiger partial charge on any atom is -0.306 e. The molecule has 0 aliphatic rings. The summed E-state index contributed by atoms with van der Waals surface area (Å²) in [5, 5.41) is 0. The zero-order valence-corrected chi connectivity index (χ0v) is 5.52. The fraction of sp³-hybridized carbons (Fsp3) is 0.667. The van der Waals surface area contributed by atoms with Crippen molar-refractivity contribution in [2.24, 2.45) is 0 Å². The van der Waals surface area contributed by atoms with Gasteiger partial charge in [-0.25, -0.2) is 0 Å². The molecule has 0 aliphatic carbocycles. The lowest BCUT2D eigenvalue weighted by Gasteiger charge is -2.02. The predicted octanol–water partition coefficient (Wildman–Crippen LogP) is 0.387. The van der Waals surface area contributed by atoms with Crippen LogP contribution >= 0.6 is 0 Å². The maximum Gasteiger partial charge on any atom is 0.0281 e. The molecule has 0 aromatic carbocycles. The van der Waals surface area contributed by atoms with Crippen LogP contribution < -0.4 is 5.73 Å². The molecule has 0 atom stereocenters. The smallest absolute Gasteiger partial charge is 0.0281 e. The molecule has 1 radical (unpaired) electrons. The van der Waals surface area contributed by atoms with E-state index in [0.29, 0.717) is 6.54 Å². The average molecular weight is 113 g/mol. The summed E-state index contributed by atoms with van der Waals surface area (Å²) >= 11 is 0. The second-order valence-corrected chi connectivity index (χ2v) is 1.94. The molecule has 0 bridgehead atoms. The van der Waals surface area contributed by atoms with E-state index < -0.39 is 0 Å². The van der Waals surface area contributed by atoms with E-state index in [0.717, 1.165) is 6.54 Å². The van der Waals surface area contributed by atoms with Crippen LogP contribution in [0.15, 0.2) is 12.2 Å². The maximum absolute atomic E-state index is 6.74. The standard InChI is InChI=1S/C6H13N2/c1-8(2)6-4-3-5-7/h3-4,7H,5-6H2,1-2H3. The maximum atomic E-state index is 6.74. The van der Waals surface area contributed by atoms with Gasteiger partial charge in [-0.2, -0.15) is 0 Å². The van der Waals surface area contributed by atoms with Gasteiger partial charge >= 0.3 is 0 Å². The molecule has 1 N–H and O–H groups in total. The van der Waals surface area contributed by atoms with Gasteiger partial charge in [0.1, 0.15) is 0 Å². The Morgan fingerprint density at radius 1 is 1.38 bits per heavy atom. The third-order valence-corrected chi connectivity index (χ3v) is 0.755. The number of rotatable bonds is 3. The zero-order valence-electron chi connectivity index (χ0n) is 5.52. The second kappa shape index (κ2) is 4.81. The second-order valence-electron chi connectivity index (χ2n) is 1.94. The van der Waals surface area contributed by atoms with Gasteiger partial charge in [0.25, 0.3) is 0 Å². The highest BCUT2D eigenvalue weighted by molar-refractivity contribution is 4.83. The highest BCUT2D eigenvalue weighted by atomic mass is 15.0. The van der Waals surface area contributed by atoms with E-state index >= 15 is 0 Å². The first kappa shape index (κ1) is 7.66. The van der Waals surface area contributed by atoms with E-state index in [4.69, 9.17) is 5.73 Å². The molecule has 0 saturated carbocycles. The van der Waals surface area contributed by atoms with Crippen molar-refractivity contribution in [1.82, 2.24) is 10.6 Å². The molecule has 0 aliphatic heterocycles. The van der Waals surface area contributed by atoms with E-state index in [-0.39, 0.29) is 0 Å². The molecular formula is C6H13N2. The van der Waals surface area contributed by atoms with Gasteiger partial charge in [0, 0.05) is 13.1 Å². The molecule has 0 spiro atoms. The Bertz CT molecular complexity index is 66.9. The van der Waals surface area contributed by atoms with E-state index in [2.05, 4.69) is 4.90 Å². The summed E-state index contributed by atoms with van der Waals surface area (Å²) < 4.78 is 0. The monoisotopic (exact) mass is 113 g/mol. The molecule has 0 heterocycles. The Hall–Kier alpha value is -0.340. The molecule has 8 heavy (non-hydrogen) atoms. The van der Waals surface area contributed by atoms with Gasteiger partial charge in [0.05, 0.1) is 0 Å². The van der Waals surface area contributed by atoms with Gasteiger partial charge in [-0.05, 0) is 14.1 Å². The van der Waals surface area contributed by atoms with E-state index in [1.807, 2.05) is 26.2 Å². The third-order valence-electron chi connectivity index (χ3n) is 0.755. The van der Waals surface area contributed by atoms with Crippen LogP contribution in [0, 0.1) is 0 Å². The molecule has 0 saturated heterocycles. The molecule has 0 aromatic rings. The molecule has 0 aromatic heterocycles. The minimum absolute atomic E-state index is 0.397. The van der Waals surface area contributed by atoms with Gasteiger partial charge in [-0.15, -0.1) is 0 Å². The summed E-state index contributed by atoms with van der Waals surface area (Å²) in [6, 6.07) is 0. The summed E-state index contributed by atoms with van der Waals surface area (Å²) in [5.74, 6) is 0. The lowest BCUT2D eigenvalue weighted by molar-refractivity contribution is 0.456. The van der Waals surface area contributed by atoms with Crippen molar-refractivity contribution < 1.29 is 0 Å². The summed E-state index contributed by atoms with van der Waals surface area (Å²) in [5.41, 5.74) is 6.74. The van der Waals surface area contributed by atoms with Crippen LogP contribution in [-0.4, -0.2) is 32.1 Å². The molecular weight excluding hydrogens is 100 g/mol. The predicted molar refractivity (Wildman–Crippen MR) is 35.7 cm³/mol. The number of hydrogen-bond acceptors (Lipinski definition) is 1. The first-order valence-corrected chi connectivity index (χ1v) is 2.71. The van der Waals surface area contributed by atoms with Crippen molar-refractivity contribution in [3.05, 3.63) is 12.2 Å². The zero-order chi connectivity index (χ0) is 6.41. The number of hydrogen-bond donors (Lipinski definition) is 0. The van der Waals surface area contributed by atoms with Crippen molar-refractivity contribution >= 4 is 0 Å². The summed E-state index contributed by atoms with van der Waals surface area (Å²) in [6.45, 7) is 1.34. The third kappa shape index (κ3) is 5.66. The van der Waals surface area contributed by atoms with Crippen LogP contribution in [0.2, 0.25) is 0 Å². The largest absolute Gasteiger partial charge is 0.306 e. The molecule has 0 fully saturated rings. The quantitative estimate of drug-likeness (QED) is 0.486. The van der Waals surface area contributed by atoms with Crippen LogP contribution in [0.4, 0.5) is 0 Å². The Labute approximate surface area is 51.0 Å². The van der Waals surface area contributed by atoms with Crippen molar-refractivity contribution in [3.8, 4) is 0 Å². The SMILES string of the molecule is CN(C)CC=CC[NH]. The molecule has 0 amide bonds. The fourth-order valence-electron chi connectivity index (χ4n) is 0.369. The number of likely N-dealkylation sites (N-methyl/N-ethyl adjacent to an activating group) is 1. The van der Waals surface area contributed by atoms with Crippen LogP contribution in [0.1, 0.15) is 0 Å². The number of nitrogens with one attached hydrogen (secondary N) is 1. The van der Waals surface area contributed by atoms with Crippen molar-refractivity contribution in [2.75, 3.05) is 27.2 Å². The average Bonchev–Trinajstić information content (AvgIpc) is 1.66. The van der Waals surface area contributed by atoms with Gasteiger partial charge in [0.15, 0.2) is 0 Å². The Morgan fingerprint density at radius 2 is 2.00 bits per heavy atom. The Kier molecular flexibility index (Phi) is 4.61. The van der Waals surface area contributed by atoms with Crippen LogP contribution in [0.3, 0.4) is 0 Å². The van der Waals surface area contributed by atoms with E-state index in [1.54, 1.807) is 0 Å². The molecule has 2 heteroatoms. The minimum atomic E-state index is 0.397. The molecule has 0 rings (SSSR count). The fourth-order valence-corrected chi connectivity index (χ4v) is 0.369. The van der Waals surface area contributed by atoms with Gasteiger partial charge in [-0.3, -0.25) is 5.73 Å². The van der Waals surface area contributed by atoms with Crippen molar-refractivity contribution in [2.45, 2.75) is 0 Å². The normalized spacial score (nSPS) is 11.5. The van der Waals surface area contributed by atoms with E-state index in [1.165, 1.54) is 0 Å². The van der Waals surface area contributed by atoms with E-state index in [9.17, 15) is 0 Å². The lowest BCUT2D eigenvalue weighted by atomic mass is 10.5. The highest BCUT2D eigenvalue weighted by Crippen LogP contribution is 1.74. The summed E-state index contributed by atoms with van der Waals surface area (Å²) in [4.78, 5) is 2.06. The lowest BCUT2D eigenvalue weighted by Crippen LogP contribution is -2.10. The Morgan fingerprint density at radius 3 is 2.38 bits per heavy atom. The number of nitrogens with zero attached hydrogens (tertiary/aromatic N) is 1. The molecule has 2 nitrogen and oxygen atoms in total. The van der Waals surface area contributed by atoms with Crippen LogP contribution in [0.25, 0.3) is 0 Å². The topological polar surface area (TPSA) is 27.0 Å². The van der Waals surface area contributed by atoms with Gasteiger partial charge in [0.2, 0.25) is 0 Å². The van der Waals surface area contributed by atoms with Crippen molar-refractivity contribution in [1.29, 1.82) is 0 Å². The summed E-state index contributed by atoms with van der Waals surface area (Å²) in [7, 11) is 4.02. The first-order valence-electron chi connectivity index (χ1n) is 2.71. The molecule has 47 valence electrons. The van der Waals surface area contributed by atoms with Crippen LogP contribution in [0.5, 0.6) is 0 Å². The first-order chi connectivity index (χ1) is 3.77.